The van der Waals surface area contributed by atoms with E-state index >= 15 is 0 Å². The number of amides is 1. The van der Waals surface area contributed by atoms with Gasteiger partial charge in [-0.05, 0) is 29.7 Å². The quantitative estimate of drug-likeness (QED) is 0.387. The summed E-state index contributed by atoms with van der Waals surface area (Å²) in [6.07, 6.45) is 5.54. The van der Waals surface area contributed by atoms with Crippen LogP contribution < -0.4 is 14.0 Å². The molecule has 2 aromatic rings. The van der Waals surface area contributed by atoms with Gasteiger partial charge in [0, 0.05) is 12.3 Å². The van der Waals surface area contributed by atoms with Crippen molar-refractivity contribution in [1.29, 1.82) is 0 Å². The number of carbonyl (C=O) groups is 2. The van der Waals surface area contributed by atoms with Crippen molar-refractivity contribution in [3.05, 3.63) is 59.3 Å². The number of anilines is 1. The van der Waals surface area contributed by atoms with Crippen LogP contribution in [0.4, 0.5) is 5.69 Å². The van der Waals surface area contributed by atoms with Crippen molar-refractivity contribution in [3.63, 3.8) is 0 Å². The Hall–Kier alpha value is -3.18. The Morgan fingerprint density at radius 2 is 2.09 bits per heavy atom. The number of hydrogen-bond acceptors (Lipinski definition) is 6. The molecular formula is C24H28N4O6S. The number of aliphatic hydroxyl groups excluding tert-OH is 1. The Morgan fingerprint density at radius 1 is 1.34 bits per heavy atom. The molecule has 35 heavy (non-hydrogen) atoms. The molecule has 4 heterocycles. The standard InChI is InChI=1S/C24H28N4O6S/c1-14-17(22(24(31)32)28-21(14)20(15(2)29)23(28)30)11-27-19-6-4-5-16(18(19)12-35(27,33)34)7-8-26-10-9-25(3)13-26/h4-6,9-10,13-15,20-21,29H,7-8,11-12H2,1-3H3/t14-,15+,20+,21+/m0/s1. The lowest BCUT2D eigenvalue weighted by Crippen LogP contribution is -2.64. The Bertz CT molecular complexity index is 1360. The minimum absolute atomic E-state index is 0.164. The minimum Gasteiger partial charge on any atom is -0.543 e. The van der Waals surface area contributed by atoms with Crippen molar-refractivity contribution in [2.45, 2.75) is 44.7 Å². The second-order valence-electron chi connectivity index (χ2n) is 9.66. The van der Waals surface area contributed by atoms with E-state index < -0.39 is 45.9 Å². The monoisotopic (exact) mass is 500 g/mol. The molecule has 186 valence electrons. The zero-order valence-corrected chi connectivity index (χ0v) is 20.6. The number of aliphatic carboxylic acids is 1. The SMILES string of the molecule is C[C@@H](O)[C@H]1C(=O)N2C(C(=O)[O-])=C(CN3c4cccc(CCn5cc[n+](C)c5)c4CS3(=O)=O)[C@H](C)[C@H]12. The van der Waals surface area contributed by atoms with Gasteiger partial charge in [0.15, 0.2) is 0 Å². The Balaban J connectivity index is 1.47. The highest BCUT2D eigenvalue weighted by Gasteiger charge is 2.59. The Kier molecular flexibility index (Phi) is 5.52. The maximum atomic E-state index is 13.2. The molecule has 1 N–H and O–H groups in total. The van der Waals surface area contributed by atoms with Gasteiger partial charge in [0.25, 0.3) is 0 Å². The van der Waals surface area contributed by atoms with Gasteiger partial charge in [-0.3, -0.25) is 9.10 Å². The molecule has 0 spiro atoms. The van der Waals surface area contributed by atoms with E-state index in [1.165, 1.54) is 11.2 Å². The van der Waals surface area contributed by atoms with Crippen LogP contribution in [0.5, 0.6) is 0 Å². The van der Waals surface area contributed by atoms with Crippen LogP contribution in [0.25, 0.3) is 0 Å². The highest BCUT2D eigenvalue weighted by atomic mass is 32.2. The summed E-state index contributed by atoms with van der Waals surface area (Å²) in [5.74, 6) is -3.31. The second kappa shape index (κ2) is 8.20. The van der Waals surface area contributed by atoms with Crippen molar-refractivity contribution in [2.75, 3.05) is 10.8 Å². The number of fused-ring (bicyclic) bond motifs is 2. The van der Waals surface area contributed by atoms with E-state index in [-0.39, 0.29) is 18.0 Å². The maximum absolute atomic E-state index is 13.2. The minimum atomic E-state index is -3.74. The summed E-state index contributed by atoms with van der Waals surface area (Å²) in [7, 11) is -1.81. The molecule has 0 radical (unpaired) electrons. The molecule has 3 aliphatic heterocycles. The number of aryl methyl sites for hydroxylation is 3. The molecule has 0 unspecified atom stereocenters. The van der Waals surface area contributed by atoms with Crippen LogP contribution in [-0.2, 0) is 45.4 Å². The number of aliphatic hydroxyl groups is 1. The summed E-state index contributed by atoms with van der Waals surface area (Å²) >= 11 is 0. The first-order chi connectivity index (χ1) is 16.5. The molecule has 3 aliphatic rings. The van der Waals surface area contributed by atoms with Crippen LogP contribution in [0.2, 0.25) is 0 Å². The number of imidazole rings is 1. The predicted molar refractivity (Wildman–Crippen MR) is 123 cm³/mol. The first-order valence-corrected chi connectivity index (χ1v) is 13.2. The fourth-order valence-electron chi connectivity index (χ4n) is 5.73. The van der Waals surface area contributed by atoms with Gasteiger partial charge in [-0.25, -0.2) is 17.6 Å². The molecule has 1 saturated heterocycles. The smallest absolute Gasteiger partial charge is 0.243 e. The summed E-state index contributed by atoms with van der Waals surface area (Å²) in [4.78, 5) is 25.8. The zero-order valence-electron chi connectivity index (χ0n) is 19.8. The number of hydrogen-bond donors (Lipinski definition) is 1. The molecule has 0 bridgehead atoms. The molecule has 1 amide bonds. The number of sulfonamides is 1. The summed E-state index contributed by atoms with van der Waals surface area (Å²) in [6.45, 7) is 3.78. The summed E-state index contributed by atoms with van der Waals surface area (Å²) in [5, 5.41) is 22.1. The van der Waals surface area contributed by atoms with Crippen molar-refractivity contribution < 1.29 is 32.8 Å². The Labute approximate surface area is 203 Å². The highest BCUT2D eigenvalue weighted by Crippen LogP contribution is 2.48. The third kappa shape index (κ3) is 3.64. The van der Waals surface area contributed by atoms with Crippen LogP contribution in [-0.4, -0.2) is 53.6 Å². The van der Waals surface area contributed by atoms with Gasteiger partial charge in [-0.2, -0.15) is 0 Å². The lowest BCUT2D eigenvalue weighted by Gasteiger charge is -2.47. The summed E-state index contributed by atoms with van der Waals surface area (Å²) < 4.78 is 31.7. The molecule has 10 nitrogen and oxygen atoms in total. The highest BCUT2D eigenvalue weighted by molar-refractivity contribution is 7.92. The molecule has 11 heteroatoms. The number of carboxylic acid groups (broad SMARTS) is 1. The number of nitrogens with zero attached hydrogens (tertiary/aromatic N) is 4. The number of rotatable bonds is 7. The van der Waals surface area contributed by atoms with Crippen LogP contribution in [0.15, 0.2) is 48.2 Å². The van der Waals surface area contributed by atoms with E-state index in [0.717, 1.165) is 10.5 Å². The molecule has 0 aliphatic carbocycles. The van der Waals surface area contributed by atoms with Crippen LogP contribution in [0.3, 0.4) is 0 Å². The van der Waals surface area contributed by atoms with Crippen LogP contribution in [0.1, 0.15) is 25.0 Å². The first-order valence-electron chi connectivity index (χ1n) is 11.6. The normalized spacial score (nSPS) is 25.5. The fraction of sp³-hybridized carbons (Fsp3) is 0.458. The molecule has 1 aromatic heterocycles. The zero-order chi connectivity index (χ0) is 25.2. The van der Waals surface area contributed by atoms with E-state index in [1.807, 2.05) is 47.0 Å². The summed E-state index contributed by atoms with van der Waals surface area (Å²) in [5.41, 5.74) is 2.22. The molecule has 4 atom stereocenters. The number of carbonyl (C=O) groups excluding carboxylic acids is 2. The van der Waals surface area contributed by atoms with Gasteiger partial charge < -0.3 is 19.9 Å². The number of carboxylic acids is 1. The van der Waals surface area contributed by atoms with E-state index in [1.54, 1.807) is 13.0 Å². The maximum Gasteiger partial charge on any atom is 0.243 e. The van der Waals surface area contributed by atoms with Gasteiger partial charge >= 0.3 is 0 Å². The molecule has 1 fully saturated rings. The second-order valence-corrected chi connectivity index (χ2v) is 11.6. The average Bonchev–Trinajstić information content (AvgIpc) is 3.38. The van der Waals surface area contributed by atoms with Crippen molar-refractivity contribution in [3.8, 4) is 0 Å². The van der Waals surface area contributed by atoms with Gasteiger partial charge in [-0.1, -0.05) is 19.1 Å². The van der Waals surface area contributed by atoms with Gasteiger partial charge in [0.1, 0.15) is 12.4 Å². The van der Waals surface area contributed by atoms with Crippen molar-refractivity contribution in [2.24, 2.45) is 18.9 Å². The molecule has 5 rings (SSSR count). The Morgan fingerprint density at radius 3 is 2.71 bits per heavy atom. The number of aromatic nitrogens is 2. The van der Waals surface area contributed by atoms with E-state index in [0.29, 0.717) is 29.8 Å². The molecule has 0 saturated carbocycles. The fourth-order valence-corrected chi connectivity index (χ4v) is 7.39. The largest absolute Gasteiger partial charge is 0.543 e. The average molecular weight is 501 g/mol. The number of β-lactam (4-membered cyclic amide) rings is 1. The number of benzene rings is 1. The third-order valence-corrected chi connectivity index (χ3v) is 9.12. The lowest BCUT2D eigenvalue weighted by atomic mass is 9.78. The van der Waals surface area contributed by atoms with E-state index in [4.69, 9.17) is 0 Å². The third-order valence-electron chi connectivity index (χ3n) is 7.47. The van der Waals surface area contributed by atoms with Crippen molar-refractivity contribution in [1.82, 2.24) is 9.47 Å². The summed E-state index contributed by atoms with van der Waals surface area (Å²) in [6, 6.07) is 4.94. The van der Waals surface area contributed by atoms with Crippen LogP contribution in [0, 0.1) is 11.8 Å². The predicted octanol–water partition coefficient (Wildman–Crippen LogP) is -0.933. The first kappa shape index (κ1) is 23.6. The van der Waals surface area contributed by atoms with Crippen molar-refractivity contribution >= 4 is 27.6 Å². The van der Waals surface area contributed by atoms with Gasteiger partial charge in [0.2, 0.25) is 22.3 Å². The molecule has 1 aromatic carbocycles. The van der Waals surface area contributed by atoms with Gasteiger partial charge in [-0.15, -0.1) is 0 Å². The van der Waals surface area contributed by atoms with Gasteiger partial charge in [0.05, 0.1) is 61.3 Å². The topological polar surface area (TPSA) is 127 Å². The van der Waals surface area contributed by atoms with Crippen LogP contribution >= 0.6 is 0 Å². The van der Waals surface area contributed by atoms with E-state index in [9.17, 15) is 28.2 Å². The van der Waals surface area contributed by atoms with E-state index in [2.05, 4.69) is 0 Å². The molecular weight excluding hydrogens is 472 g/mol. The lowest BCUT2D eigenvalue weighted by molar-refractivity contribution is -0.671.